The fraction of sp³-hybridized carbons (Fsp3) is 0.105. The van der Waals surface area contributed by atoms with Gasteiger partial charge in [0.15, 0.2) is 5.75 Å². The Balaban J connectivity index is 2.24. The van der Waals surface area contributed by atoms with Crippen molar-refractivity contribution in [1.29, 1.82) is 0 Å². The highest BCUT2D eigenvalue weighted by molar-refractivity contribution is 6.31. The van der Waals surface area contributed by atoms with E-state index in [0.29, 0.717) is 16.7 Å². The van der Waals surface area contributed by atoms with Crippen LogP contribution in [-0.4, -0.2) is 15.9 Å². The van der Waals surface area contributed by atoms with Crippen LogP contribution in [0, 0.1) is 0 Å². The van der Waals surface area contributed by atoms with Gasteiger partial charge in [0.05, 0.1) is 10.6 Å². The number of hydrogen-bond donors (Lipinski definition) is 1. The van der Waals surface area contributed by atoms with Gasteiger partial charge in [-0.15, -0.1) is 0 Å². The molecular weight excluding hydrogens is 395 g/mol. The van der Waals surface area contributed by atoms with Crippen molar-refractivity contribution in [3.63, 3.8) is 0 Å². The number of carbonyl (C=O) groups is 1. The molecule has 1 N–H and O–H groups in total. The van der Waals surface area contributed by atoms with E-state index in [2.05, 4.69) is 15.4 Å². The van der Waals surface area contributed by atoms with Crippen LogP contribution in [0.15, 0.2) is 55.1 Å². The predicted octanol–water partition coefficient (Wildman–Crippen LogP) is 4.91. The molecule has 3 rings (SSSR count). The standard InChI is InChI=1S/C19H13ClF3N3O2/c1-11(27)26-28-17-4-2-3-14(13-8-24-10-25-9-13)18(17)12-5-6-16(20)15(7-12)19(21,22)23/h2-10H,1H3,(H,26,27). The first-order valence-corrected chi connectivity index (χ1v) is 8.34. The van der Waals surface area contributed by atoms with Gasteiger partial charge in [-0.2, -0.15) is 18.7 Å². The van der Waals surface area contributed by atoms with E-state index in [1.165, 1.54) is 43.8 Å². The Morgan fingerprint density at radius 1 is 1.11 bits per heavy atom. The number of nitrogens with zero attached hydrogens (tertiary/aromatic N) is 2. The molecule has 0 radical (unpaired) electrons. The second-order valence-electron chi connectivity index (χ2n) is 5.76. The Morgan fingerprint density at radius 3 is 2.46 bits per heavy atom. The molecule has 2 aromatic carbocycles. The summed E-state index contributed by atoms with van der Waals surface area (Å²) in [5.41, 5.74) is 2.84. The number of hydroxylamine groups is 1. The maximum absolute atomic E-state index is 13.3. The summed E-state index contributed by atoms with van der Waals surface area (Å²) in [5, 5.41) is -0.416. The number of nitrogens with one attached hydrogen (secondary N) is 1. The molecule has 144 valence electrons. The van der Waals surface area contributed by atoms with Gasteiger partial charge in [0, 0.05) is 30.4 Å². The molecule has 28 heavy (non-hydrogen) atoms. The Morgan fingerprint density at radius 2 is 1.82 bits per heavy atom. The number of halogens is 4. The van der Waals surface area contributed by atoms with Gasteiger partial charge in [-0.25, -0.2) is 9.97 Å². The van der Waals surface area contributed by atoms with E-state index in [-0.39, 0.29) is 11.3 Å². The van der Waals surface area contributed by atoms with E-state index in [4.69, 9.17) is 16.4 Å². The van der Waals surface area contributed by atoms with Crippen molar-refractivity contribution < 1.29 is 22.8 Å². The zero-order valence-electron chi connectivity index (χ0n) is 14.4. The Hall–Kier alpha value is -3.13. The van der Waals surface area contributed by atoms with Crippen molar-refractivity contribution in [2.75, 3.05) is 0 Å². The molecule has 0 aliphatic heterocycles. The van der Waals surface area contributed by atoms with Crippen LogP contribution >= 0.6 is 11.6 Å². The molecule has 1 amide bonds. The van der Waals surface area contributed by atoms with Gasteiger partial charge >= 0.3 is 6.18 Å². The van der Waals surface area contributed by atoms with Crippen molar-refractivity contribution in [2.24, 2.45) is 0 Å². The molecule has 0 aliphatic carbocycles. The summed E-state index contributed by atoms with van der Waals surface area (Å²) in [4.78, 5) is 24.4. The normalized spacial score (nSPS) is 11.2. The monoisotopic (exact) mass is 407 g/mol. The van der Waals surface area contributed by atoms with Crippen LogP contribution in [0.5, 0.6) is 5.75 Å². The molecule has 0 spiro atoms. The first-order chi connectivity index (χ1) is 13.3. The van der Waals surface area contributed by atoms with E-state index in [1.54, 1.807) is 12.1 Å². The summed E-state index contributed by atoms with van der Waals surface area (Å²) >= 11 is 5.74. The highest BCUT2D eigenvalue weighted by Crippen LogP contribution is 2.42. The Bertz CT molecular complexity index is 1010. The lowest BCUT2D eigenvalue weighted by Gasteiger charge is -2.17. The van der Waals surface area contributed by atoms with E-state index < -0.39 is 22.7 Å². The molecule has 1 aromatic heterocycles. The van der Waals surface area contributed by atoms with Crippen LogP contribution in [-0.2, 0) is 11.0 Å². The van der Waals surface area contributed by atoms with E-state index in [9.17, 15) is 18.0 Å². The molecule has 0 aliphatic rings. The molecule has 0 saturated heterocycles. The third kappa shape index (κ3) is 4.23. The summed E-state index contributed by atoms with van der Waals surface area (Å²) in [6.45, 7) is 1.25. The van der Waals surface area contributed by atoms with Gasteiger partial charge in [-0.1, -0.05) is 29.8 Å². The Labute approximate surface area is 163 Å². The fourth-order valence-electron chi connectivity index (χ4n) is 2.62. The molecular formula is C19H13ClF3N3O2. The number of rotatable bonds is 4. The van der Waals surface area contributed by atoms with Crippen LogP contribution in [0.3, 0.4) is 0 Å². The van der Waals surface area contributed by atoms with E-state index in [0.717, 1.165) is 6.07 Å². The second kappa shape index (κ2) is 7.85. The van der Waals surface area contributed by atoms with Gasteiger partial charge in [0.1, 0.15) is 6.33 Å². The minimum absolute atomic E-state index is 0.159. The number of amides is 1. The predicted molar refractivity (Wildman–Crippen MR) is 97.4 cm³/mol. The van der Waals surface area contributed by atoms with Crippen LogP contribution in [0.4, 0.5) is 13.2 Å². The van der Waals surface area contributed by atoms with Gasteiger partial charge < -0.3 is 4.84 Å². The van der Waals surface area contributed by atoms with Crippen LogP contribution in [0.2, 0.25) is 5.02 Å². The molecule has 3 aromatic rings. The summed E-state index contributed by atoms with van der Waals surface area (Å²) < 4.78 is 40.0. The maximum atomic E-state index is 13.3. The molecule has 0 fully saturated rings. The highest BCUT2D eigenvalue weighted by atomic mass is 35.5. The first-order valence-electron chi connectivity index (χ1n) is 7.96. The summed E-state index contributed by atoms with van der Waals surface area (Å²) in [5.74, 6) is -0.307. The average Bonchev–Trinajstić information content (AvgIpc) is 2.66. The summed E-state index contributed by atoms with van der Waals surface area (Å²) in [6, 6.07) is 8.41. The largest absolute Gasteiger partial charge is 0.417 e. The van der Waals surface area contributed by atoms with Gasteiger partial charge in [0.25, 0.3) is 0 Å². The minimum atomic E-state index is -4.63. The van der Waals surface area contributed by atoms with Crippen LogP contribution in [0.25, 0.3) is 22.3 Å². The average molecular weight is 408 g/mol. The molecule has 0 bridgehead atoms. The van der Waals surface area contributed by atoms with Gasteiger partial charge in [-0.3, -0.25) is 4.79 Å². The number of carbonyl (C=O) groups excluding carboxylic acids is 1. The lowest BCUT2D eigenvalue weighted by Crippen LogP contribution is -2.24. The molecule has 0 saturated carbocycles. The maximum Gasteiger partial charge on any atom is 0.417 e. The molecule has 5 nitrogen and oxygen atoms in total. The number of alkyl halides is 3. The second-order valence-corrected chi connectivity index (χ2v) is 6.17. The fourth-order valence-corrected chi connectivity index (χ4v) is 2.84. The van der Waals surface area contributed by atoms with E-state index >= 15 is 0 Å². The topological polar surface area (TPSA) is 64.1 Å². The molecule has 1 heterocycles. The molecule has 0 unspecified atom stereocenters. The quantitative estimate of drug-likeness (QED) is 0.624. The summed E-state index contributed by atoms with van der Waals surface area (Å²) in [7, 11) is 0. The van der Waals surface area contributed by atoms with Crippen LogP contribution < -0.4 is 10.3 Å². The summed E-state index contributed by atoms with van der Waals surface area (Å²) in [6.07, 6.45) is -0.245. The van der Waals surface area contributed by atoms with Gasteiger partial charge in [0.2, 0.25) is 5.91 Å². The van der Waals surface area contributed by atoms with Gasteiger partial charge in [-0.05, 0) is 29.3 Å². The Kier molecular flexibility index (Phi) is 5.51. The van der Waals surface area contributed by atoms with E-state index in [1.807, 2.05) is 0 Å². The smallest absolute Gasteiger partial charge is 0.379 e. The van der Waals surface area contributed by atoms with Crippen molar-refractivity contribution in [3.8, 4) is 28.0 Å². The van der Waals surface area contributed by atoms with Crippen molar-refractivity contribution in [2.45, 2.75) is 13.1 Å². The third-order valence-corrected chi connectivity index (χ3v) is 4.09. The lowest BCUT2D eigenvalue weighted by molar-refractivity contribution is -0.137. The number of hydrogen-bond acceptors (Lipinski definition) is 4. The zero-order valence-corrected chi connectivity index (χ0v) is 15.2. The molecule has 0 atom stereocenters. The first kappa shape index (κ1) is 19.6. The third-order valence-electron chi connectivity index (χ3n) is 3.76. The molecule has 9 heteroatoms. The van der Waals surface area contributed by atoms with Crippen LogP contribution in [0.1, 0.15) is 12.5 Å². The SMILES string of the molecule is CC(=O)NOc1cccc(-c2cncnc2)c1-c1ccc(Cl)c(C(F)(F)F)c1. The van der Waals surface area contributed by atoms with Crippen molar-refractivity contribution in [3.05, 3.63) is 65.7 Å². The van der Waals surface area contributed by atoms with Crippen molar-refractivity contribution in [1.82, 2.24) is 15.4 Å². The zero-order chi connectivity index (χ0) is 20.3. The number of benzene rings is 2. The highest BCUT2D eigenvalue weighted by Gasteiger charge is 2.33. The number of aromatic nitrogens is 2. The minimum Gasteiger partial charge on any atom is -0.379 e. The van der Waals surface area contributed by atoms with Crippen molar-refractivity contribution >= 4 is 17.5 Å². The lowest BCUT2D eigenvalue weighted by atomic mass is 9.94.